The van der Waals surface area contributed by atoms with E-state index in [2.05, 4.69) is 40.7 Å². The van der Waals surface area contributed by atoms with Crippen LogP contribution in [-0.2, 0) is 4.79 Å². The minimum absolute atomic E-state index is 0.0428. The van der Waals surface area contributed by atoms with E-state index >= 15 is 0 Å². The molecule has 4 heterocycles. The number of nitrogens with zero attached hydrogens (tertiary/aromatic N) is 7. The van der Waals surface area contributed by atoms with Crippen LogP contribution in [0.1, 0.15) is 33.2 Å². The van der Waals surface area contributed by atoms with Gasteiger partial charge in [0.1, 0.15) is 11.5 Å². The molecule has 1 saturated heterocycles. The molecule has 0 bridgehead atoms. The molecule has 0 radical (unpaired) electrons. The number of hydrogen-bond donors (Lipinski definition) is 0. The van der Waals surface area contributed by atoms with Crippen molar-refractivity contribution in [2.24, 2.45) is 5.41 Å². The SMILES string of the molecule is [C-]#[N+]c1cnc2ccc(-c3c(-c4ccc(F)cc4)ncn3C3CN(C(=O)CC(C)(C)C)C3)nn12. The minimum Gasteiger partial charge on any atom is -0.360 e. The number of carbonyl (C=O) groups excluding carboxylic acids is 1. The van der Waals surface area contributed by atoms with Crippen LogP contribution in [0.15, 0.2) is 48.9 Å². The van der Waals surface area contributed by atoms with Gasteiger partial charge in [0.05, 0.1) is 30.0 Å². The molecule has 34 heavy (non-hydrogen) atoms. The maximum atomic E-state index is 13.6. The first-order valence-corrected chi connectivity index (χ1v) is 11.1. The second kappa shape index (κ2) is 8.06. The van der Waals surface area contributed by atoms with Crippen molar-refractivity contribution < 1.29 is 9.18 Å². The molecule has 8 nitrogen and oxygen atoms in total. The molecule has 9 heteroatoms. The van der Waals surface area contributed by atoms with E-state index in [0.717, 1.165) is 11.3 Å². The van der Waals surface area contributed by atoms with E-state index in [-0.39, 0.29) is 23.2 Å². The molecule has 1 fully saturated rings. The molecule has 1 aliphatic rings. The molecule has 0 aliphatic carbocycles. The summed E-state index contributed by atoms with van der Waals surface area (Å²) in [5, 5.41) is 4.68. The number of fused-ring (bicyclic) bond motifs is 1. The van der Waals surface area contributed by atoms with E-state index in [1.807, 2.05) is 21.6 Å². The molecule has 1 amide bonds. The van der Waals surface area contributed by atoms with E-state index in [1.165, 1.54) is 22.8 Å². The standard InChI is InChI=1S/C25H24FN7O/c1-25(2,3)11-22(34)31-13-18(14-31)32-15-29-23(16-5-7-17(26)8-6-16)24(32)19-9-10-20-28-12-21(27-4)33(20)30-19/h5-10,12,15,18H,11,13-14H2,1-3H3. The molecule has 0 saturated carbocycles. The van der Waals surface area contributed by atoms with Crippen molar-refractivity contribution >= 4 is 17.4 Å². The number of rotatable bonds is 4. The summed E-state index contributed by atoms with van der Waals surface area (Å²) < 4.78 is 17.1. The highest BCUT2D eigenvalue weighted by atomic mass is 19.1. The van der Waals surface area contributed by atoms with Crippen molar-refractivity contribution in [1.82, 2.24) is 29.0 Å². The molecular weight excluding hydrogens is 433 g/mol. The summed E-state index contributed by atoms with van der Waals surface area (Å²) in [6.07, 6.45) is 3.73. The Bertz CT molecular complexity index is 1420. The Labute approximate surface area is 196 Å². The van der Waals surface area contributed by atoms with Crippen molar-refractivity contribution in [3.8, 4) is 22.6 Å². The number of halogens is 1. The number of carbonyl (C=O) groups is 1. The van der Waals surface area contributed by atoms with Gasteiger partial charge in [0.2, 0.25) is 11.6 Å². The lowest BCUT2D eigenvalue weighted by Crippen LogP contribution is -2.51. The van der Waals surface area contributed by atoms with E-state index in [9.17, 15) is 9.18 Å². The molecule has 5 rings (SSSR count). The third-order valence-corrected chi connectivity index (χ3v) is 5.90. The van der Waals surface area contributed by atoms with Crippen LogP contribution in [0.3, 0.4) is 0 Å². The maximum Gasteiger partial charge on any atom is 0.275 e. The zero-order valence-electron chi connectivity index (χ0n) is 19.2. The fraction of sp³-hybridized carbons (Fsp3) is 0.320. The maximum absolute atomic E-state index is 13.6. The summed E-state index contributed by atoms with van der Waals surface area (Å²) in [6.45, 7) is 14.7. The first-order valence-electron chi connectivity index (χ1n) is 11.1. The average Bonchev–Trinajstić information content (AvgIpc) is 3.35. The Morgan fingerprint density at radius 1 is 1.15 bits per heavy atom. The molecule has 0 unspecified atom stereocenters. The molecule has 172 valence electrons. The summed E-state index contributed by atoms with van der Waals surface area (Å²) in [5.74, 6) is 0.133. The highest BCUT2D eigenvalue weighted by Gasteiger charge is 2.35. The normalized spacial score (nSPS) is 14.3. The predicted octanol–water partition coefficient (Wildman–Crippen LogP) is 4.77. The number of hydrogen-bond acceptors (Lipinski definition) is 4. The van der Waals surface area contributed by atoms with Crippen LogP contribution >= 0.6 is 0 Å². The molecule has 1 aromatic carbocycles. The quantitative estimate of drug-likeness (QED) is 0.414. The van der Waals surface area contributed by atoms with Gasteiger partial charge in [-0.1, -0.05) is 32.4 Å². The van der Waals surface area contributed by atoms with Crippen LogP contribution in [0.25, 0.3) is 33.1 Å². The van der Waals surface area contributed by atoms with Crippen molar-refractivity contribution in [3.63, 3.8) is 0 Å². The second-order valence-electron chi connectivity index (χ2n) is 9.76. The summed E-state index contributed by atoms with van der Waals surface area (Å²) in [5.41, 5.74) is 3.30. The predicted molar refractivity (Wildman–Crippen MR) is 126 cm³/mol. The fourth-order valence-electron chi connectivity index (χ4n) is 4.17. The van der Waals surface area contributed by atoms with Crippen molar-refractivity contribution in [2.75, 3.05) is 13.1 Å². The lowest BCUT2D eigenvalue weighted by atomic mass is 9.90. The van der Waals surface area contributed by atoms with Crippen LogP contribution in [-0.4, -0.2) is 48.0 Å². The first kappa shape index (κ1) is 21.8. The third-order valence-electron chi connectivity index (χ3n) is 5.90. The summed E-state index contributed by atoms with van der Waals surface area (Å²) in [4.78, 5) is 26.9. The molecular formula is C25H24FN7O. The van der Waals surface area contributed by atoms with Crippen LogP contribution in [0.2, 0.25) is 0 Å². The van der Waals surface area contributed by atoms with Gasteiger partial charge in [0.25, 0.3) is 5.82 Å². The summed E-state index contributed by atoms with van der Waals surface area (Å²) in [7, 11) is 0. The van der Waals surface area contributed by atoms with Gasteiger partial charge in [-0.05, 0) is 35.7 Å². The van der Waals surface area contributed by atoms with Gasteiger partial charge < -0.3 is 14.3 Å². The van der Waals surface area contributed by atoms with E-state index in [4.69, 9.17) is 6.57 Å². The van der Waals surface area contributed by atoms with Crippen LogP contribution < -0.4 is 0 Å². The number of aromatic nitrogens is 5. The Morgan fingerprint density at radius 2 is 1.88 bits per heavy atom. The van der Waals surface area contributed by atoms with Gasteiger partial charge >= 0.3 is 0 Å². The molecule has 0 N–H and O–H groups in total. The van der Waals surface area contributed by atoms with Gasteiger partial charge in [0, 0.05) is 31.1 Å². The Balaban J connectivity index is 1.54. The second-order valence-corrected chi connectivity index (χ2v) is 9.76. The van der Waals surface area contributed by atoms with E-state index < -0.39 is 0 Å². The fourth-order valence-corrected chi connectivity index (χ4v) is 4.17. The highest BCUT2D eigenvalue weighted by molar-refractivity contribution is 5.79. The van der Waals surface area contributed by atoms with E-state index in [1.54, 1.807) is 18.5 Å². The Hall–Kier alpha value is -4.06. The molecule has 0 atom stereocenters. The average molecular weight is 458 g/mol. The lowest BCUT2D eigenvalue weighted by Gasteiger charge is -2.41. The first-order chi connectivity index (χ1) is 16.2. The number of amides is 1. The van der Waals surface area contributed by atoms with Crippen molar-refractivity contribution in [3.05, 3.63) is 66.2 Å². The third kappa shape index (κ3) is 3.92. The monoisotopic (exact) mass is 457 g/mol. The highest BCUT2D eigenvalue weighted by Crippen LogP contribution is 2.36. The number of likely N-dealkylation sites (tertiary alicyclic amines) is 1. The molecule has 0 spiro atoms. The van der Waals surface area contributed by atoms with E-state index in [0.29, 0.717) is 42.4 Å². The van der Waals surface area contributed by atoms with Gasteiger partial charge in [0.15, 0.2) is 0 Å². The lowest BCUT2D eigenvalue weighted by molar-refractivity contribution is -0.138. The summed E-state index contributed by atoms with van der Waals surface area (Å²) >= 11 is 0. The molecule has 4 aromatic rings. The van der Waals surface area contributed by atoms with Gasteiger partial charge in [-0.2, -0.15) is 0 Å². The smallest absolute Gasteiger partial charge is 0.275 e. The largest absolute Gasteiger partial charge is 0.360 e. The van der Waals surface area contributed by atoms with Crippen molar-refractivity contribution in [1.29, 1.82) is 0 Å². The Kier molecular flexibility index (Phi) is 5.16. The number of imidazole rings is 2. The summed E-state index contributed by atoms with van der Waals surface area (Å²) in [6, 6.07) is 9.87. The van der Waals surface area contributed by atoms with Gasteiger partial charge in [-0.25, -0.2) is 14.4 Å². The molecule has 3 aromatic heterocycles. The molecule has 1 aliphatic heterocycles. The zero-order valence-corrected chi connectivity index (χ0v) is 19.2. The minimum atomic E-state index is -0.323. The van der Waals surface area contributed by atoms with Crippen LogP contribution in [0.5, 0.6) is 0 Å². The van der Waals surface area contributed by atoms with Crippen LogP contribution in [0.4, 0.5) is 10.2 Å². The van der Waals surface area contributed by atoms with Crippen LogP contribution in [0, 0.1) is 17.8 Å². The van der Waals surface area contributed by atoms with Gasteiger partial charge in [-0.3, -0.25) is 4.79 Å². The van der Waals surface area contributed by atoms with Gasteiger partial charge in [-0.15, -0.1) is 4.52 Å². The zero-order chi connectivity index (χ0) is 24.0. The van der Waals surface area contributed by atoms with Crippen molar-refractivity contribution in [2.45, 2.75) is 33.2 Å². The topological polar surface area (TPSA) is 72.7 Å². The number of benzene rings is 1. The Morgan fingerprint density at radius 3 is 2.56 bits per heavy atom.